The lowest BCUT2D eigenvalue weighted by Gasteiger charge is -2.31. The van der Waals surface area contributed by atoms with Gasteiger partial charge in [0.2, 0.25) is 0 Å². The summed E-state index contributed by atoms with van der Waals surface area (Å²) in [7, 11) is 1.28. The first-order chi connectivity index (χ1) is 7.17. The summed E-state index contributed by atoms with van der Waals surface area (Å²) in [6.07, 6.45) is 0.664. The van der Waals surface area contributed by atoms with Crippen molar-refractivity contribution in [3.8, 4) is 0 Å². The predicted molar refractivity (Wildman–Crippen MR) is 51.1 cm³/mol. The van der Waals surface area contributed by atoms with Crippen LogP contribution in [0.4, 0.5) is 0 Å². The Morgan fingerprint density at radius 2 is 1.87 bits per heavy atom. The second kappa shape index (κ2) is 5.11. The highest BCUT2D eigenvalue weighted by molar-refractivity contribution is 6.00. The summed E-state index contributed by atoms with van der Waals surface area (Å²) in [6.45, 7) is 2.74. The maximum absolute atomic E-state index is 11.7. The van der Waals surface area contributed by atoms with Crippen molar-refractivity contribution in [2.45, 2.75) is 19.8 Å². The number of hydrogen-bond donors (Lipinski definition) is 0. The molecule has 0 bridgehead atoms. The second-order valence-corrected chi connectivity index (χ2v) is 3.41. The summed E-state index contributed by atoms with van der Waals surface area (Å²) in [5.74, 6) is -1.02. The molecule has 5 heteroatoms. The van der Waals surface area contributed by atoms with Crippen LogP contribution in [0.2, 0.25) is 0 Å². The maximum atomic E-state index is 11.7. The van der Waals surface area contributed by atoms with Gasteiger partial charge in [-0.2, -0.15) is 0 Å². The van der Waals surface area contributed by atoms with Gasteiger partial charge < -0.3 is 14.2 Å². The number of hydrogen-bond acceptors (Lipinski definition) is 5. The molecule has 0 aromatic heterocycles. The minimum atomic E-state index is -1.15. The van der Waals surface area contributed by atoms with Crippen molar-refractivity contribution in [2.24, 2.45) is 5.41 Å². The Bertz CT molecular complexity index is 242. The molecule has 0 radical (unpaired) electrons. The van der Waals surface area contributed by atoms with E-state index in [2.05, 4.69) is 4.74 Å². The normalized spacial score (nSPS) is 19.3. The van der Waals surface area contributed by atoms with E-state index in [9.17, 15) is 9.59 Å². The highest BCUT2D eigenvalue weighted by atomic mass is 16.6. The van der Waals surface area contributed by atoms with E-state index in [0.717, 1.165) is 0 Å². The Morgan fingerprint density at radius 3 is 2.33 bits per heavy atom. The molecule has 1 aliphatic rings. The van der Waals surface area contributed by atoms with Crippen molar-refractivity contribution in [3.05, 3.63) is 0 Å². The smallest absolute Gasteiger partial charge is 0.323 e. The molecule has 1 rings (SSSR count). The summed E-state index contributed by atoms with van der Waals surface area (Å²) in [5, 5.41) is 0. The van der Waals surface area contributed by atoms with Crippen LogP contribution in [-0.4, -0.2) is 38.9 Å². The quantitative estimate of drug-likeness (QED) is 0.508. The minimum absolute atomic E-state index is 0.262. The van der Waals surface area contributed by atoms with Crippen LogP contribution in [0.1, 0.15) is 19.8 Å². The Morgan fingerprint density at radius 1 is 1.27 bits per heavy atom. The lowest BCUT2D eigenvalue weighted by Crippen LogP contribution is -2.45. The van der Waals surface area contributed by atoms with E-state index in [4.69, 9.17) is 9.47 Å². The summed E-state index contributed by atoms with van der Waals surface area (Å²) >= 11 is 0. The first kappa shape index (κ1) is 12.0. The molecule has 0 aromatic carbocycles. The van der Waals surface area contributed by atoms with Crippen LogP contribution in [-0.2, 0) is 23.8 Å². The molecule has 1 fully saturated rings. The van der Waals surface area contributed by atoms with E-state index in [-0.39, 0.29) is 6.61 Å². The molecule has 0 aliphatic carbocycles. The Hall–Kier alpha value is -1.10. The third kappa shape index (κ3) is 2.28. The number of carbonyl (C=O) groups is 2. The van der Waals surface area contributed by atoms with Gasteiger partial charge in [-0.3, -0.25) is 9.59 Å². The van der Waals surface area contributed by atoms with Crippen LogP contribution in [0.5, 0.6) is 0 Å². The fourth-order valence-electron chi connectivity index (χ4n) is 1.68. The highest BCUT2D eigenvalue weighted by Gasteiger charge is 2.49. The Kier molecular flexibility index (Phi) is 4.08. The minimum Gasteiger partial charge on any atom is -0.468 e. The van der Waals surface area contributed by atoms with Gasteiger partial charge in [0.05, 0.1) is 13.7 Å². The molecule has 1 heterocycles. The fraction of sp³-hybridized carbons (Fsp3) is 0.800. The zero-order valence-corrected chi connectivity index (χ0v) is 9.08. The van der Waals surface area contributed by atoms with E-state index < -0.39 is 17.4 Å². The van der Waals surface area contributed by atoms with E-state index in [1.807, 2.05) is 0 Å². The molecule has 0 atom stereocenters. The standard InChI is InChI=1S/C10H16O5/c1-3-15-9(12)10(8(11)13-2)4-6-14-7-5-10/h3-7H2,1-2H3. The third-order valence-electron chi connectivity index (χ3n) is 2.59. The molecule has 0 aromatic rings. The average Bonchev–Trinajstić information content (AvgIpc) is 2.29. The van der Waals surface area contributed by atoms with Gasteiger partial charge in [0, 0.05) is 13.2 Å². The highest BCUT2D eigenvalue weighted by Crippen LogP contribution is 2.33. The van der Waals surface area contributed by atoms with E-state index in [1.54, 1.807) is 6.92 Å². The summed E-state index contributed by atoms with van der Waals surface area (Å²) < 4.78 is 14.7. The van der Waals surface area contributed by atoms with Crippen molar-refractivity contribution in [3.63, 3.8) is 0 Å². The summed E-state index contributed by atoms with van der Waals surface area (Å²) in [4.78, 5) is 23.4. The lowest BCUT2D eigenvalue weighted by atomic mass is 9.80. The van der Waals surface area contributed by atoms with Gasteiger partial charge in [0.1, 0.15) is 0 Å². The van der Waals surface area contributed by atoms with Crippen molar-refractivity contribution in [1.82, 2.24) is 0 Å². The Balaban J connectivity index is 2.84. The van der Waals surface area contributed by atoms with Crippen LogP contribution in [0, 0.1) is 5.41 Å². The third-order valence-corrected chi connectivity index (χ3v) is 2.59. The van der Waals surface area contributed by atoms with Crippen LogP contribution < -0.4 is 0 Å². The van der Waals surface area contributed by atoms with Gasteiger partial charge in [-0.25, -0.2) is 0 Å². The summed E-state index contributed by atoms with van der Waals surface area (Å²) in [6, 6.07) is 0. The Labute approximate surface area is 88.7 Å². The van der Waals surface area contributed by atoms with Crippen LogP contribution in [0.3, 0.4) is 0 Å². The van der Waals surface area contributed by atoms with Crippen LogP contribution in [0.15, 0.2) is 0 Å². The van der Waals surface area contributed by atoms with Gasteiger partial charge >= 0.3 is 11.9 Å². The molecule has 0 spiro atoms. The van der Waals surface area contributed by atoms with E-state index in [1.165, 1.54) is 7.11 Å². The molecule has 1 aliphatic heterocycles. The molecule has 0 amide bonds. The predicted octanol–water partition coefficient (Wildman–Crippen LogP) is 0.519. The molecule has 0 saturated carbocycles. The number of esters is 2. The first-order valence-electron chi connectivity index (χ1n) is 5.00. The van der Waals surface area contributed by atoms with Gasteiger partial charge in [0.25, 0.3) is 0 Å². The largest absolute Gasteiger partial charge is 0.468 e. The fourth-order valence-corrected chi connectivity index (χ4v) is 1.68. The van der Waals surface area contributed by atoms with Gasteiger partial charge in [-0.1, -0.05) is 0 Å². The van der Waals surface area contributed by atoms with Crippen molar-refractivity contribution < 1.29 is 23.8 Å². The van der Waals surface area contributed by atoms with Gasteiger partial charge in [0.15, 0.2) is 5.41 Å². The van der Waals surface area contributed by atoms with Crippen LogP contribution in [0.25, 0.3) is 0 Å². The number of ether oxygens (including phenoxy) is 3. The zero-order chi connectivity index (χ0) is 11.3. The first-order valence-corrected chi connectivity index (χ1v) is 5.00. The molecule has 0 N–H and O–H groups in total. The molecule has 86 valence electrons. The lowest BCUT2D eigenvalue weighted by molar-refractivity contribution is -0.177. The van der Waals surface area contributed by atoms with Crippen LogP contribution >= 0.6 is 0 Å². The van der Waals surface area contributed by atoms with E-state index in [0.29, 0.717) is 26.1 Å². The molecule has 5 nitrogen and oxygen atoms in total. The molecule has 1 saturated heterocycles. The maximum Gasteiger partial charge on any atom is 0.323 e. The van der Waals surface area contributed by atoms with E-state index >= 15 is 0 Å². The van der Waals surface area contributed by atoms with Gasteiger partial charge in [-0.15, -0.1) is 0 Å². The van der Waals surface area contributed by atoms with Crippen molar-refractivity contribution in [1.29, 1.82) is 0 Å². The molecular weight excluding hydrogens is 200 g/mol. The average molecular weight is 216 g/mol. The summed E-state index contributed by atoms with van der Waals surface area (Å²) in [5.41, 5.74) is -1.15. The number of carbonyl (C=O) groups excluding carboxylic acids is 2. The molecular formula is C10H16O5. The van der Waals surface area contributed by atoms with Crippen molar-refractivity contribution >= 4 is 11.9 Å². The number of methoxy groups -OCH3 is 1. The van der Waals surface area contributed by atoms with Gasteiger partial charge in [-0.05, 0) is 19.8 Å². The molecule has 0 unspecified atom stereocenters. The molecule has 15 heavy (non-hydrogen) atoms. The second-order valence-electron chi connectivity index (χ2n) is 3.41. The topological polar surface area (TPSA) is 61.8 Å². The monoisotopic (exact) mass is 216 g/mol. The number of rotatable bonds is 3. The van der Waals surface area contributed by atoms with Crippen molar-refractivity contribution in [2.75, 3.05) is 26.9 Å². The zero-order valence-electron chi connectivity index (χ0n) is 9.08. The SMILES string of the molecule is CCOC(=O)C1(C(=O)OC)CCOCC1.